The summed E-state index contributed by atoms with van der Waals surface area (Å²) in [5.74, 6) is 0. The monoisotopic (exact) mass is 296 g/mol. The third kappa shape index (κ3) is 2.80. The maximum absolute atomic E-state index is 10.7. The molecule has 0 aromatic heterocycles. The SMILES string of the molecule is CN(c1ccccc1)c1c(Cl)cc([N+](=O)[O-])cc1Cl. The number of hydrogen-bond acceptors (Lipinski definition) is 3. The van der Waals surface area contributed by atoms with E-state index in [-0.39, 0.29) is 15.7 Å². The average molecular weight is 297 g/mol. The van der Waals surface area contributed by atoms with Crippen LogP contribution in [0.1, 0.15) is 0 Å². The van der Waals surface area contributed by atoms with Gasteiger partial charge in [-0.05, 0) is 12.1 Å². The van der Waals surface area contributed by atoms with Crippen LogP contribution in [0.3, 0.4) is 0 Å². The van der Waals surface area contributed by atoms with Crippen LogP contribution in [0.4, 0.5) is 17.1 Å². The molecule has 0 amide bonds. The van der Waals surface area contributed by atoms with Crippen molar-refractivity contribution in [3.63, 3.8) is 0 Å². The van der Waals surface area contributed by atoms with Crippen LogP contribution >= 0.6 is 23.2 Å². The standard InChI is InChI=1S/C13H10Cl2N2O2/c1-16(9-5-3-2-4-6-9)13-11(14)7-10(17(18)19)8-12(13)15/h2-8H,1H3. The number of nitro groups is 1. The fourth-order valence-corrected chi connectivity index (χ4v) is 2.49. The minimum absolute atomic E-state index is 0.125. The first-order valence-corrected chi connectivity index (χ1v) is 6.18. The molecule has 0 heterocycles. The van der Waals surface area contributed by atoms with E-state index >= 15 is 0 Å². The van der Waals surface area contributed by atoms with Crippen molar-refractivity contribution in [1.82, 2.24) is 0 Å². The lowest BCUT2D eigenvalue weighted by Crippen LogP contribution is -2.10. The highest BCUT2D eigenvalue weighted by atomic mass is 35.5. The fraction of sp³-hybridized carbons (Fsp3) is 0.0769. The lowest BCUT2D eigenvalue weighted by Gasteiger charge is -2.21. The van der Waals surface area contributed by atoms with Crippen molar-refractivity contribution < 1.29 is 4.92 Å². The van der Waals surface area contributed by atoms with Crippen molar-refractivity contribution in [3.05, 3.63) is 62.6 Å². The summed E-state index contributed by atoms with van der Waals surface area (Å²) in [6, 6.07) is 12.1. The molecule has 0 fully saturated rings. The molecule has 0 N–H and O–H groups in total. The van der Waals surface area contributed by atoms with Crippen LogP contribution in [-0.2, 0) is 0 Å². The average Bonchev–Trinajstić information content (AvgIpc) is 2.38. The van der Waals surface area contributed by atoms with Crippen LogP contribution in [0.2, 0.25) is 10.0 Å². The van der Waals surface area contributed by atoms with Crippen molar-refractivity contribution in [2.45, 2.75) is 0 Å². The van der Waals surface area contributed by atoms with Crippen molar-refractivity contribution >= 4 is 40.3 Å². The van der Waals surface area contributed by atoms with Gasteiger partial charge in [0, 0.05) is 24.9 Å². The molecule has 2 aromatic rings. The number of hydrogen-bond donors (Lipinski definition) is 0. The van der Waals surface area contributed by atoms with Crippen molar-refractivity contribution in [2.75, 3.05) is 11.9 Å². The number of para-hydroxylation sites is 1. The highest BCUT2D eigenvalue weighted by molar-refractivity contribution is 6.39. The van der Waals surface area contributed by atoms with Gasteiger partial charge in [-0.1, -0.05) is 41.4 Å². The Labute approximate surface area is 120 Å². The number of benzene rings is 2. The Morgan fingerprint density at radius 3 is 2.11 bits per heavy atom. The Balaban J connectivity index is 2.49. The maximum atomic E-state index is 10.7. The Bertz CT molecular complexity index is 594. The van der Waals surface area contributed by atoms with Crippen molar-refractivity contribution in [3.8, 4) is 0 Å². The molecule has 6 heteroatoms. The Kier molecular flexibility index (Phi) is 3.93. The first kappa shape index (κ1) is 13.6. The highest BCUT2D eigenvalue weighted by Gasteiger charge is 2.18. The third-order valence-corrected chi connectivity index (χ3v) is 3.27. The smallest absolute Gasteiger partial charge is 0.272 e. The minimum atomic E-state index is -0.524. The van der Waals surface area contributed by atoms with Gasteiger partial charge in [-0.2, -0.15) is 0 Å². The number of rotatable bonds is 3. The lowest BCUT2D eigenvalue weighted by molar-refractivity contribution is -0.384. The van der Waals surface area contributed by atoms with E-state index in [0.717, 1.165) is 5.69 Å². The molecular formula is C13H10Cl2N2O2. The second-order valence-electron chi connectivity index (χ2n) is 3.91. The van der Waals surface area contributed by atoms with Gasteiger partial charge >= 0.3 is 0 Å². The van der Waals surface area contributed by atoms with E-state index in [1.165, 1.54) is 12.1 Å². The van der Waals surface area contributed by atoms with Crippen LogP contribution in [0, 0.1) is 10.1 Å². The van der Waals surface area contributed by atoms with Gasteiger partial charge in [-0.3, -0.25) is 10.1 Å². The van der Waals surface area contributed by atoms with E-state index in [2.05, 4.69) is 0 Å². The molecule has 0 saturated carbocycles. The molecule has 0 saturated heterocycles. The van der Waals surface area contributed by atoms with Gasteiger partial charge in [-0.15, -0.1) is 0 Å². The molecule has 0 unspecified atom stereocenters. The molecule has 0 bridgehead atoms. The van der Waals surface area contributed by atoms with Crippen LogP contribution in [0.25, 0.3) is 0 Å². The highest BCUT2D eigenvalue weighted by Crippen LogP contribution is 2.39. The second-order valence-corrected chi connectivity index (χ2v) is 4.72. The molecule has 0 aliphatic heterocycles. The zero-order valence-electron chi connectivity index (χ0n) is 10.0. The van der Waals surface area contributed by atoms with Crippen LogP contribution < -0.4 is 4.90 Å². The Hall–Kier alpha value is -1.78. The summed E-state index contributed by atoms with van der Waals surface area (Å²) in [5, 5.41) is 11.2. The van der Waals surface area contributed by atoms with E-state index in [0.29, 0.717) is 5.69 Å². The molecule has 0 aliphatic rings. The Morgan fingerprint density at radius 1 is 1.11 bits per heavy atom. The normalized spacial score (nSPS) is 10.3. The molecule has 98 valence electrons. The van der Waals surface area contributed by atoms with E-state index in [9.17, 15) is 10.1 Å². The quantitative estimate of drug-likeness (QED) is 0.611. The van der Waals surface area contributed by atoms with Gasteiger partial charge in [0.2, 0.25) is 0 Å². The molecular weight excluding hydrogens is 287 g/mol. The van der Waals surface area contributed by atoms with Gasteiger partial charge in [0.25, 0.3) is 5.69 Å². The maximum Gasteiger partial charge on any atom is 0.272 e. The number of non-ortho nitro benzene ring substituents is 1. The summed E-state index contributed by atoms with van der Waals surface area (Å²) in [6.45, 7) is 0. The summed E-state index contributed by atoms with van der Waals surface area (Å²) in [5.41, 5.74) is 1.31. The topological polar surface area (TPSA) is 46.4 Å². The zero-order chi connectivity index (χ0) is 14.0. The molecule has 4 nitrogen and oxygen atoms in total. The van der Waals surface area contributed by atoms with E-state index in [1.807, 2.05) is 30.3 Å². The number of halogens is 2. The molecule has 2 rings (SSSR count). The predicted molar refractivity (Wildman–Crippen MR) is 77.6 cm³/mol. The third-order valence-electron chi connectivity index (χ3n) is 2.69. The Morgan fingerprint density at radius 2 is 1.63 bits per heavy atom. The number of nitro benzene ring substituents is 1. The molecule has 0 aliphatic carbocycles. The van der Waals surface area contributed by atoms with Gasteiger partial charge in [0.1, 0.15) is 0 Å². The minimum Gasteiger partial charge on any atom is -0.342 e. The summed E-state index contributed by atoms with van der Waals surface area (Å²) in [6.07, 6.45) is 0. The summed E-state index contributed by atoms with van der Waals surface area (Å²) in [4.78, 5) is 12.0. The molecule has 0 spiro atoms. The molecule has 0 radical (unpaired) electrons. The van der Waals surface area contributed by atoms with Crippen LogP contribution in [-0.4, -0.2) is 12.0 Å². The van der Waals surface area contributed by atoms with E-state index in [1.54, 1.807) is 11.9 Å². The molecule has 0 atom stereocenters. The van der Waals surface area contributed by atoms with Gasteiger partial charge in [0.15, 0.2) is 0 Å². The zero-order valence-corrected chi connectivity index (χ0v) is 11.5. The van der Waals surface area contributed by atoms with Crippen molar-refractivity contribution in [1.29, 1.82) is 0 Å². The van der Waals surface area contributed by atoms with E-state index < -0.39 is 4.92 Å². The molecule has 2 aromatic carbocycles. The largest absolute Gasteiger partial charge is 0.342 e. The van der Waals surface area contributed by atoms with Crippen molar-refractivity contribution in [2.24, 2.45) is 0 Å². The summed E-state index contributed by atoms with van der Waals surface area (Å²) >= 11 is 12.2. The van der Waals surface area contributed by atoms with Gasteiger partial charge in [-0.25, -0.2) is 0 Å². The van der Waals surface area contributed by atoms with E-state index in [4.69, 9.17) is 23.2 Å². The van der Waals surface area contributed by atoms with Gasteiger partial charge < -0.3 is 4.90 Å². The molecule has 19 heavy (non-hydrogen) atoms. The number of nitrogens with zero attached hydrogens (tertiary/aromatic N) is 2. The lowest BCUT2D eigenvalue weighted by atomic mass is 10.2. The van der Waals surface area contributed by atoms with Crippen LogP contribution in [0.5, 0.6) is 0 Å². The van der Waals surface area contributed by atoms with Crippen LogP contribution in [0.15, 0.2) is 42.5 Å². The fourth-order valence-electron chi connectivity index (χ4n) is 1.76. The number of anilines is 2. The first-order valence-electron chi connectivity index (χ1n) is 5.43. The summed E-state index contributed by atoms with van der Waals surface area (Å²) < 4.78 is 0. The second kappa shape index (κ2) is 5.47. The first-order chi connectivity index (χ1) is 9.00. The predicted octanol–water partition coefficient (Wildman–Crippen LogP) is 4.67. The summed E-state index contributed by atoms with van der Waals surface area (Å²) in [7, 11) is 1.80. The van der Waals surface area contributed by atoms with Gasteiger partial charge in [0.05, 0.1) is 20.7 Å².